The van der Waals surface area contributed by atoms with Gasteiger partial charge in [-0.2, -0.15) is 0 Å². The van der Waals surface area contributed by atoms with Crippen molar-refractivity contribution in [2.24, 2.45) is 38.4 Å². The number of anilines is 2. The van der Waals surface area contributed by atoms with Crippen LogP contribution >= 0.6 is 0 Å². The number of amides is 1. The number of pyridine rings is 1. The standard InChI is InChI=1S/C39H49N9O6/c1-22(33(51)48-36-43-14-15-44-36)45-30-19-28-37(2,12-11-31(50)38(28,3)20-49)29(39(30)21-53-39)18-27(47-32-6-4-5-13-42-32)26-17-25(54-34(26)52)16-23-7-9-24(10-8-23)46-35(40)41/h4-10,13-14,16-17,22,27-31,45,49-50H,11-12,15,18-21H2,1-3H3,(H,42,47)(H4,40,41,46)(H,44,48,51)/b25-16+/t22?,27?,28?,29?,30?,31-,37+,38+,39?/m1/s1. The second-order valence-corrected chi connectivity index (χ2v) is 15.6. The SMILES string of the molecule is CC(NC1CC2[C@](C)(CC[C@@H](O)[C@@]2(C)CO)C(CC(Nc2ccccn2)C2=C/C(=C\c3ccc(NC(=N)N)cc3)OC2=O)C12CO2)C(=O)NC1=NCC=N1. The molecule has 3 fully saturated rings. The summed E-state index contributed by atoms with van der Waals surface area (Å²) < 4.78 is 12.3. The van der Waals surface area contributed by atoms with Gasteiger partial charge in [-0.3, -0.25) is 15.5 Å². The molecule has 4 heterocycles. The number of nitrogens with one attached hydrogen (secondary N) is 5. The molecular weight excluding hydrogens is 690 g/mol. The first-order valence-electron chi connectivity index (χ1n) is 18.5. The zero-order valence-corrected chi connectivity index (χ0v) is 30.7. The Kier molecular flexibility index (Phi) is 10.2. The molecule has 1 aromatic carbocycles. The fraction of sp³-hybridized carbons (Fsp3) is 0.487. The van der Waals surface area contributed by atoms with Crippen LogP contribution < -0.4 is 27.0 Å². The summed E-state index contributed by atoms with van der Waals surface area (Å²) in [5, 5.41) is 42.4. The third kappa shape index (κ3) is 7.16. The third-order valence-electron chi connectivity index (χ3n) is 12.3. The normalized spacial score (nSPS) is 33.0. The van der Waals surface area contributed by atoms with Crippen molar-refractivity contribution < 1.29 is 29.3 Å². The number of carbonyl (C=O) groups excluding carboxylic acids is 2. The summed E-state index contributed by atoms with van der Waals surface area (Å²) in [6, 6.07) is 11.2. The molecule has 0 radical (unpaired) electrons. The van der Waals surface area contributed by atoms with E-state index in [0.29, 0.717) is 61.7 Å². The Morgan fingerprint density at radius 3 is 2.61 bits per heavy atom. The predicted molar refractivity (Wildman–Crippen MR) is 205 cm³/mol. The lowest BCUT2D eigenvalue weighted by atomic mass is 9.43. The molecule has 54 heavy (non-hydrogen) atoms. The predicted octanol–water partition coefficient (Wildman–Crippen LogP) is 2.55. The van der Waals surface area contributed by atoms with Crippen molar-refractivity contribution >= 4 is 47.6 Å². The van der Waals surface area contributed by atoms with Crippen molar-refractivity contribution in [2.75, 3.05) is 30.4 Å². The highest BCUT2D eigenvalue weighted by molar-refractivity contribution is 6.04. The van der Waals surface area contributed by atoms with Crippen molar-refractivity contribution in [3.05, 3.63) is 71.6 Å². The zero-order valence-electron chi connectivity index (χ0n) is 30.7. The summed E-state index contributed by atoms with van der Waals surface area (Å²) in [6.45, 7) is 6.63. The van der Waals surface area contributed by atoms with Crippen molar-refractivity contribution in [3.8, 4) is 0 Å². The van der Waals surface area contributed by atoms with Gasteiger partial charge in [0.25, 0.3) is 0 Å². The van der Waals surface area contributed by atoms with Crippen LogP contribution in [0.4, 0.5) is 11.5 Å². The molecule has 15 nitrogen and oxygen atoms in total. The molecule has 2 aromatic rings. The van der Waals surface area contributed by atoms with E-state index in [4.69, 9.17) is 20.6 Å². The molecule has 3 aliphatic heterocycles. The topological polar surface area (TPSA) is 232 Å². The number of hydrogen-bond acceptors (Lipinski definition) is 12. The van der Waals surface area contributed by atoms with E-state index in [9.17, 15) is 19.8 Å². The lowest BCUT2D eigenvalue weighted by Crippen LogP contribution is -2.68. The third-order valence-corrected chi connectivity index (χ3v) is 12.3. The van der Waals surface area contributed by atoms with Crippen LogP contribution in [-0.4, -0.2) is 94.8 Å². The van der Waals surface area contributed by atoms with Crippen molar-refractivity contribution in [2.45, 2.75) is 76.3 Å². The lowest BCUT2D eigenvalue weighted by molar-refractivity contribution is -0.184. The van der Waals surface area contributed by atoms with Crippen LogP contribution in [0.2, 0.25) is 0 Å². The summed E-state index contributed by atoms with van der Waals surface area (Å²) in [6.07, 6.45) is 8.32. The first kappa shape index (κ1) is 37.4. The molecule has 1 aromatic heterocycles. The minimum atomic E-state index is -0.818. The average Bonchev–Trinajstić information content (AvgIpc) is 3.60. The minimum Gasteiger partial charge on any atom is -0.423 e. The fourth-order valence-electron chi connectivity index (χ4n) is 9.30. The number of nitrogens with two attached hydrogens (primary N) is 1. The number of fused-ring (bicyclic) bond motifs is 1. The number of aliphatic imine (C=N–C) groups is 2. The molecule has 6 unspecified atom stereocenters. The molecule has 1 spiro atoms. The molecule has 2 saturated carbocycles. The molecule has 1 saturated heterocycles. The van der Waals surface area contributed by atoms with E-state index in [2.05, 4.69) is 43.2 Å². The quantitative estimate of drug-likeness (QED) is 0.0722. The Labute approximate surface area is 314 Å². The Balaban J connectivity index is 1.23. The Morgan fingerprint density at radius 1 is 1.19 bits per heavy atom. The number of hydrogen-bond donors (Lipinski definition) is 8. The summed E-state index contributed by atoms with van der Waals surface area (Å²) in [7, 11) is 0. The summed E-state index contributed by atoms with van der Waals surface area (Å²) in [4.78, 5) is 39.9. The van der Waals surface area contributed by atoms with Crippen LogP contribution in [0.1, 0.15) is 52.0 Å². The number of ether oxygens (including phenoxy) is 2. The molecule has 5 aliphatic rings. The molecule has 0 bridgehead atoms. The first-order chi connectivity index (χ1) is 25.8. The summed E-state index contributed by atoms with van der Waals surface area (Å²) >= 11 is 0. The Morgan fingerprint density at radius 2 is 1.96 bits per heavy atom. The molecule has 2 aliphatic carbocycles. The molecule has 9 N–H and O–H groups in total. The highest BCUT2D eigenvalue weighted by Gasteiger charge is 2.71. The van der Waals surface area contributed by atoms with Gasteiger partial charge in [0.1, 0.15) is 17.2 Å². The number of epoxide rings is 1. The maximum Gasteiger partial charge on any atom is 0.341 e. The number of guanidine groups is 2. The van der Waals surface area contributed by atoms with Gasteiger partial charge in [-0.1, -0.05) is 32.0 Å². The number of nitrogens with zero attached hydrogens (tertiary/aromatic N) is 3. The summed E-state index contributed by atoms with van der Waals surface area (Å²) in [5.41, 5.74) is 5.40. The van der Waals surface area contributed by atoms with E-state index >= 15 is 0 Å². The maximum absolute atomic E-state index is 13.8. The number of allylic oxidation sites excluding steroid dienone is 1. The number of esters is 1. The van der Waals surface area contributed by atoms with Crippen molar-refractivity contribution in [3.63, 3.8) is 0 Å². The molecular formula is C39H49N9O6. The van der Waals surface area contributed by atoms with Gasteiger partial charge in [-0.15, -0.1) is 0 Å². The van der Waals surface area contributed by atoms with E-state index in [1.165, 1.54) is 0 Å². The number of aromatic nitrogens is 1. The zero-order chi connectivity index (χ0) is 38.3. The first-order valence-corrected chi connectivity index (χ1v) is 18.5. The summed E-state index contributed by atoms with van der Waals surface area (Å²) in [5.74, 6) is -0.0392. The molecule has 7 rings (SSSR count). The number of rotatable bonds is 11. The van der Waals surface area contributed by atoms with E-state index in [1.54, 1.807) is 43.6 Å². The van der Waals surface area contributed by atoms with Crippen LogP contribution in [0.25, 0.3) is 6.08 Å². The number of aliphatic hydroxyl groups is 2. The van der Waals surface area contributed by atoms with E-state index in [-0.39, 0.29) is 42.3 Å². The highest BCUT2D eigenvalue weighted by atomic mass is 16.6. The average molecular weight is 740 g/mol. The van der Waals surface area contributed by atoms with Gasteiger partial charge in [0.05, 0.1) is 43.5 Å². The van der Waals surface area contributed by atoms with E-state index in [1.807, 2.05) is 37.3 Å². The van der Waals surface area contributed by atoms with Crippen LogP contribution in [0.3, 0.4) is 0 Å². The van der Waals surface area contributed by atoms with Gasteiger partial charge < -0.3 is 41.4 Å². The van der Waals surface area contributed by atoms with Crippen LogP contribution in [0, 0.1) is 28.1 Å². The fourth-order valence-corrected chi connectivity index (χ4v) is 9.30. The number of cyclic esters (lactones) is 1. The molecule has 9 atom stereocenters. The minimum absolute atomic E-state index is 0.161. The van der Waals surface area contributed by atoms with Crippen molar-refractivity contribution in [1.82, 2.24) is 15.6 Å². The van der Waals surface area contributed by atoms with Crippen LogP contribution in [0.15, 0.2) is 76.1 Å². The second kappa shape index (κ2) is 14.7. The highest BCUT2D eigenvalue weighted by Crippen LogP contribution is 2.66. The van der Waals surface area contributed by atoms with Gasteiger partial charge in [0.15, 0.2) is 5.96 Å². The number of benzene rings is 1. The van der Waals surface area contributed by atoms with Crippen molar-refractivity contribution in [1.29, 1.82) is 5.41 Å². The largest absolute Gasteiger partial charge is 0.423 e. The Bertz CT molecular complexity index is 1890. The van der Waals surface area contributed by atoms with Gasteiger partial charge in [-0.25, -0.2) is 19.8 Å². The number of carbonyl (C=O) groups is 2. The van der Waals surface area contributed by atoms with E-state index < -0.39 is 40.6 Å². The second-order valence-electron chi connectivity index (χ2n) is 15.6. The van der Waals surface area contributed by atoms with Gasteiger partial charge in [0.2, 0.25) is 11.9 Å². The van der Waals surface area contributed by atoms with Crippen LogP contribution in [-0.2, 0) is 19.1 Å². The van der Waals surface area contributed by atoms with Gasteiger partial charge in [-0.05, 0) is 91.8 Å². The van der Waals surface area contributed by atoms with Crippen LogP contribution in [0.5, 0.6) is 0 Å². The van der Waals surface area contributed by atoms with Gasteiger partial charge >= 0.3 is 5.97 Å². The number of aliphatic hydroxyl groups excluding tert-OH is 2. The molecule has 1 amide bonds. The van der Waals surface area contributed by atoms with Gasteiger partial charge in [0, 0.05) is 29.6 Å². The molecule has 286 valence electrons. The monoisotopic (exact) mass is 739 g/mol. The Hall–Kier alpha value is -4.96. The lowest BCUT2D eigenvalue weighted by Gasteiger charge is -2.63. The molecule has 15 heteroatoms. The van der Waals surface area contributed by atoms with E-state index in [0.717, 1.165) is 5.56 Å². The maximum atomic E-state index is 13.8. The smallest absolute Gasteiger partial charge is 0.341 e.